The van der Waals surface area contributed by atoms with Gasteiger partial charge < -0.3 is 32.1 Å². The van der Waals surface area contributed by atoms with Crippen molar-refractivity contribution in [1.29, 1.82) is 0 Å². The molecule has 0 aromatic carbocycles. The van der Waals surface area contributed by atoms with Gasteiger partial charge in [-0.25, -0.2) is 0 Å². The first kappa shape index (κ1) is 21.0. The number of hydrogen-bond donors (Lipinski definition) is 6. The van der Waals surface area contributed by atoms with Gasteiger partial charge in [-0.1, -0.05) is 0 Å². The van der Waals surface area contributed by atoms with E-state index in [-0.39, 0.29) is 6.10 Å². The molecule has 2 aliphatic rings. The Morgan fingerprint density at radius 3 is 2.40 bits per heavy atom. The molecule has 2 saturated heterocycles. The quantitative estimate of drug-likeness (QED) is 0.300. The van der Waals surface area contributed by atoms with Crippen molar-refractivity contribution >= 4 is 0 Å². The van der Waals surface area contributed by atoms with Crippen LogP contribution in [0.3, 0.4) is 0 Å². The zero-order valence-corrected chi connectivity index (χ0v) is 15.7. The summed E-state index contributed by atoms with van der Waals surface area (Å²) in [6, 6.07) is 0.333. The summed E-state index contributed by atoms with van der Waals surface area (Å²) in [6.45, 7) is 13.3. The number of aliphatic hydroxyl groups excluding tert-OH is 1. The molecule has 8 nitrogen and oxygen atoms in total. The Kier molecular flexibility index (Phi) is 10.9. The number of aliphatic hydroxyl groups is 1. The fourth-order valence-electron chi connectivity index (χ4n) is 3.58. The molecule has 2 rings (SSSR count). The molecule has 25 heavy (non-hydrogen) atoms. The van der Waals surface area contributed by atoms with Gasteiger partial charge in [0.25, 0.3) is 0 Å². The van der Waals surface area contributed by atoms with Crippen LogP contribution in [0.5, 0.6) is 0 Å². The van der Waals surface area contributed by atoms with E-state index in [0.29, 0.717) is 12.6 Å². The van der Waals surface area contributed by atoms with Crippen molar-refractivity contribution in [3.63, 3.8) is 0 Å². The lowest BCUT2D eigenvalue weighted by Crippen LogP contribution is -2.45. The Labute approximate surface area is 152 Å². The van der Waals surface area contributed by atoms with Gasteiger partial charge in [-0.3, -0.25) is 9.80 Å². The molecular weight excluding hydrogens is 318 g/mol. The van der Waals surface area contributed by atoms with E-state index >= 15 is 0 Å². The van der Waals surface area contributed by atoms with E-state index in [1.807, 2.05) is 0 Å². The molecule has 7 N–H and O–H groups in total. The minimum atomic E-state index is -0.295. The zero-order valence-electron chi connectivity index (χ0n) is 15.7. The van der Waals surface area contributed by atoms with Crippen molar-refractivity contribution in [1.82, 2.24) is 31.1 Å². The van der Waals surface area contributed by atoms with Gasteiger partial charge in [-0.05, 0) is 6.42 Å². The summed E-state index contributed by atoms with van der Waals surface area (Å²) in [7, 11) is 0. The van der Waals surface area contributed by atoms with E-state index in [9.17, 15) is 5.11 Å². The van der Waals surface area contributed by atoms with E-state index in [1.54, 1.807) is 0 Å². The molecule has 0 aliphatic carbocycles. The zero-order chi connectivity index (χ0) is 17.7. The van der Waals surface area contributed by atoms with Crippen molar-refractivity contribution in [2.75, 3.05) is 91.6 Å². The van der Waals surface area contributed by atoms with E-state index in [0.717, 1.165) is 91.5 Å². The lowest BCUT2D eigenvalue weighted by atomic mass is 10.1. The van der Waals surface area contributed by atoms with Gasteiger partial charge in [0.05, 0.1) is 6.10 Å². The summed E-state index contributed by atoms with van der Waals surface area (Å²) in [6.07, 6.45) is 0.500. The number of nitrogens with one attached hydrogen (secondary N) is 4. The standard InChI is InChI=1S/C17H39N7O/c18-1-8-23-9-6-20-7-10-24(12-11-23)15-17(25)13-16-14-21-3-2-19-4-5-22-16/h16-17,19-22,25H,1-15,18H2. The van der Waals surface area contributed by atoms with E-state index in [1.165, 1.54) is 0 Å². The van der Waals surface area contributed by atoms with E-state index < -0.39 is 0 Å². The molecular formula is C17H39N7O. The highest BCUT2D eigenvalue weighted by molar-refractivity contribution is 4.79. The van der Waals surface area contributed by atoms with Gasteiger partial charge in [-0.2, -0.15) is 0 Å². The van der Waals surface area contributed by atoms with Crippen LogP contribution in [0.2, 0.25) is 0 Å². The largest absolute Gasteiger partial charge is 0.392 e. The third-order valence-corrected chi connectivity index (χ3v) is 5.02. The molecule has 0 spiro atoms. The Bertz CT molecular complexity index is 324. The average Bonchev–Trinajstić information content (AvgIpc) is 2.78. The summed E-state index contributed by atoms with van der Waals surface area (Å²) < 4.78 is 0. The van der Waals surface area contributed by atoms with Gasteiger partial charge in [0, 0.05) is 97.7 Å². The Balaban J connectivity index is 1.75. The summed E-state index contributed by atoms with van der Waals surface area (Å²) in [4.78, 5) is 4.80. The molecule has 2 unspecified atom stereocenters. The smallest absolute Gasteiger partial charge is 0.0682 e. The maximum atomic E-state index is 10.6. The minimum Gasteiger partial charge on any atom is -0.392 e. The number of β-amino-alcohol motifs (C(OH)–C–C–N with tert-alkyl or cyclic N) is 1. The van der Waals surface area contributed by atoms with Crippen LogP contribution in [0.1, 0.15) is 6.42 Å². The van der Waals surface area contributed by atoms with Gasteiger partial charge in [0.1, 0.15) is 0 Å². The Hall–Kier alpha value is -0.320. The van der Waals surface area contributed by atoms with E-state index in [2.05, 4.69) is 31.1 Å². The fraction of sp³-hybridized carbons (Fsp3) is 1.00. The van der Waals surface area contributed by atoms with Crippen molar-refractivity contribution in [2.45, 2.75) is 18.6 Å². The number of nitrogens with two attached hydrogens (primary N) is 1. The molecule has 2 atom stereocenters. The third-order valence-electron chi connectivity index (χ3n) is 5.02. The maximum absolute atomic E-state index is 10.6. The Morgan fingerprint density at radius 2 is 1.56 bits per heavy atom. The van der Waals surface area contributed by atoms with Crippen LogP contribution in [-0.2, 0) is 0 Å². The number of hydrogen-bond acceptors (Lipinski definition) is 8. The van der Waals surface area contributed by atoms with Crippen LogP contribution in [0, 0.1) is 0 Å². The molecule has 0 amide bonds. The van der Waals surface area contributed by atoms with Crippen LogP contribution in [0.25, 0.3) is 0 Å². The summed E-state index contributed by atoms with van der Waals surface area (Å²) in [5, 5.41) is 24.5. The molecule has 2 heterocycles. The minimum absolute atomic E-state index is 0.295. The second-order valence-corrected chi connectivity index (χ2v) is 7.18. The second-order valence-electron chi connectivity index (χ2n) is 7.18. The predicted molar refractivity (Wildman–Crippen MR) is 103 cm³/mol. The molecule has 0 saturated carbocycles. The highest BCUT2D eigenvalue weighted by Crippen LogP contribution is 2.03. The molecule has 148 valence electrons. The first-order valence-corrected chi connectivity index (χ1v) is 9.96. The first-order chi connectivity index (χ1) is 12.3. The van der Waals surface area contributed by atoms with Crippen LogP contribution >= 0.6 is 0 Å². The van der Waals surface area contributed by atoms with Crippen molar-refractivity contribution in [3.8, 4) is 0 Å². The van der Waals surface area contributed by atoms with Crippen molar-refractivity contribution < 1.29 is 5.11 Å². The number of rotatable bonds is 6. The molecule has 0 bridgehead atoms. The first-order valence-electron chi connectivity index (χ1n) is 9.96. The molecule has 2 aliphatic heterocycles. The lowest BCUT2D eigenvalue weighted by molar-refractivity contribution is 0.0922. The molecule has 0 aromatic heterocycles. The van der Waals surface area contributed by atoms with Gasteiger partial charge in [0.15, 0.2) is 0 Å². The van der Waals surface area contributed by atoms with Crippen LogP contribution in [0.4, 0.5) is 0 Å². The normalized spacial score (nSPS) is 27.4. The second kappa shape index (κ2) is 12.9. The van der Waals surface area contributed by atoms with Gasteiger partial charge in [0.2, 0.25) is 0 Å². The van der Waals surface area contributed by atoms with Gasteiger partial charge >= 0.3 is 0 Å². The van der Waals surface area contributed by atoms with Crippen molar-refractivity contribution in [3.05, 3.63) is 0 Å². The predicted octanol–water partition coefficient (Wildman–Crippen LogP) is -2.95. The topological polar surface area (TPSA) is 101 Å². The lowest BCUT2D eigenvalue weighted by Gasteiger charge is -2.29. The summed E-state index contributed by atoms with van der Waals surface area (Å²) in [5.74, 6) is 0. The van der Waals surface area contributed by atoms with E-state index in [4.69, 9.17) is 5.73 Å². The summed E-state index contributed by atoms with van der Waals surface area (Å²) in [5.41, 5.74) is 5.71. The highest BCUT2D eigenvalue weighted by Gasteiger charge is 2.19. The van der Waals surface area contributed by atoms with Gasteiger partial charge in [-0.15, -0.1) is 0 Å². The molecule has 8 heteroatoms. The third kappa shape index (κ3) is 9.25. The number of nitrogens with zero attached hydrogens (tertiary/aromatic N) is 2. The van der Waals surface area contributed by atoms with Crippen molar-refractivity contribution in [2.24, 2.45) is 5.73 Å². The average molecular weight is 358 g/mol. The molecule has 2 fully saturated rings. The van der Waals surface area contributed by atoms with Crippen LogP contribution in [0.15, 0.2) is 0 Å². The maximum Gasteiger partial charge on any atom is 0.0682 e. The summed E-state index contributed by atoms with van der Waals surface area (Å²) >= 11 is 0. The SMILES string of the molecule is NCCN1CCNCCN(CC(O)CC2CNCCNCCN2)CC1. The van der Waals surface area contributed by atoms with Crippen LogP contribution < -0.4 is 27.0 Å². The molecule has 0 aromatic rings. The Morgan fingerprint density at radius 1 is 0.880 bits per heavy atom. The fourth-order valence-corrected chi connectivity index (χ4v) is 3.58. The molecule has 0 radical (unpaired) electrons. The monoisotopic (exact) mass is 357 g/mol. The highest BCUT2D eigenvalue weighted by atomic mass is 16.3. The van der Waals surface area contributed by atoms with Crippen LogP contribution in [-0.4, -0.2) is 119 Å².